The molecule has 3 atom stereocenters. The molecular formula is C22H32N8O2S. The molecule has 0 aromatic carbocycles. The van der Waals surface area contributed by atoms with E-state index in [2.05, 4.69) is 32.4 Å². The second-order valence-electron chi connectivity index (χ2n) is 8.78. The Kier molecular flexibility index (Phi) is 7.49. The Morgan fingerprint density at radius 1 is 1.33 bits per heavy atom. The number of carbonyl (C=O) groups excluding carboxylic acids is 1. The predicted molar refractivity (Wildman–Crippen MR) is 129 cm³/mol. The van der Waals surface area contributed by atoms with Gasteiger partial charge in [-0.2, -0.15) is 4.98 Å². The molecule has 0 aliphatic carbocycles. The molecule has 11 heteroatoms. The summed E-state index contributed by atoms with van der Waals surface area (Å²) in [5.74, 6) is 2.76. The van der Waals surface area contributed by atoms with Crippen LogP contribution in [-0.2, 0) is 22.4 Å². The lowest BCUT2D eigenvalue weighted by atomic mass is 9.99. The van der Waals surface area contributed by atoms with Crippen LogP contribution in [0, 0.1) is 0 Å². The van der Waals surface area contributed by atoms with Crippen LogP contribution >= 0.6 is 0 Å². The van der Waals surface area contributed by atoms with Crippen LogP contribution in [0.25, 0.3) is 0 Å². The first-order valence-electron chi connectivity index (χ1n) is 11.4. The standard InChI is InChI=1S/C22H32N8O2S/c1-15-6-7-16(13-30(15)18-8-11-23-14-25-18)26-22-27-17-9-12-33(32)20(17)21(28-22)24-10-4-5-19(31)29(2)3/h8,11,14-16H,4-7,9-10,12-13H2,1-3H3,(H2,24,26,27,28)/t15-,16-,33?/m1/s1. The van der Waals surface area contributed by atoms with Crippen LogP contribution in [0.2, 0.25) is 0 Å². The number of amides is 1. The van der Waals surface area contributed by atoms with Gasteiger partial charge in [0.05, 0.1) is 0 Å². The average molecular weight is 473 g/mol. The molecule has 0 saturated carbocycles. The van der Waals surface area contributed by atoms with Gasteiger partial charge in [-0.3, -0.25) is 4.79 Å². The Labute approximate surface area is 197 Å². The highest BCUT2D eigenvalue weighted by molar-refractivity contribution is 7.91. The number of anilines is 3. The Bertz CT molecular complexity index is 961. The fourth-order valence-corrected chi connectivity index (χ4v) is 5.56. The normalized spacial score (nSPS) is 22.1. The number of fused-ring (bicyclic) bond motifs is 1. The van der Waals surface area contributed by atoms with Crippen LogP contribution in [0.15, 0.2) is 23.5 Å². The highest BCUT2D eigenvalue weighted by Crippen LogP contribution is 2.32. The molecule has 2 aromatic heterocycles. The maximum Gasteiger partial charge on any atom is 0.225 e. The Hall–Kier alpha value is -2.66. The van der Waals surface area contributed by atoms with Gasteiger partial charge in [-0.05, 0) is 43.4 Å². The zero-order valence-electron chi connectivity index (χ0n) is 19.5. The summed E-state index contributed by atoms with van der Waals surface area (Å²) in [4.78, 5) is 34.2. The fourth-order valence-electron chi connectivity index (χ4n) is 4.23. The summed E-state index contributed by atoms with van der Waals surface area (Å²) in [6.07, 6.45) is 7.20. The first-order chi connectivity index (χ1) is 15.9. The molecule has 2 aliphatic rings. The highest BCUT2D eigenvalue weighted by atomic mass is 32.2. The van der Waals surface area contributed by atoms with Gasteiger partial charge in [0.2, 0.25) is 16.8 Å². The third kappa shape index (κ3) is 5.64. The Morgan fingerprint density at radius 3 is 2.94 bits per heavy atom. The van der Waals surface area contributed by atoms with Gasteiger partial charge in [0.25, 0.3) is 0 Å². The minimum absolute atomic E-state index is 0.0930. The topological polar surface area (TPSA) is 122 Å². The number of nitrogens with one attached hydrogen (secondary N) is 2. The molecule has 2 N–H and O–H groups in total. The largest absolute Gasteiger partial charge is 0.611 e. The van der Waals surface area contributed by atoms with E-state index in [0.29, 0.717) is 54.3 Å². The highest BCUT2D eigenvalue weighted by Gasteiger charge is 2.33. The van der Waals surface area contributed by atoms with Crippen molar-refractivity contribution in [1.82, 2.24) is 24.8 Å². The molecule has 1 saturated heterocycles. The molecule has 1 unspecified atom stereocenters. The van der Waals surface area contributed by atoms with Gasteiger partial charge in [0.15, 0.2) is 5.82 Å². The number of hydrogen-bond donors (Lipinski definition) is 2. The van der Waals surface area contributed by atoms with Gasteiger partial charge in [0.1, 0.15) is 23.6 Å². The number of piperidine rings is 1. The quantitative estimate of drug-likeness (QED) is 0.436. The van der Waals surface area contributed by atoms with E-state index in [1.165, 1.54) is 0 Å². The summed E-state index contributed by atoms with van der Waals surface area (Å²) in [5.41, 5.74) is 0.842. The molecule has 4 heterocycles. The molecular weight excluding hydrogens is 440 g/mol. The molecule has 4 rings (SSSR count). The van der Waals surface area contributed by atoms with E-state index < -0.39 is 11.2 Å². The monoisotopic (exact) mass is 472 g/mol. The summed E-state index contributed by atoms with van der Waals surface area (Å²) >= 11 is -1.09. The van der Waals surface area contributed by atoms with Gasteiger partial charge in [-0.15, -0.1) is 0 Å². The summed E-state index contributed by atoms with van der Waals surface area (Å²) in [7, 11) is 3.51. The zero-order valence-corrected chi connectivity index (χ0v) is 20.3. The lowest BCUT2D eigenvalue weighted by molar-refractivity contribution is -0.128. The van der Waals surface area contributed by atoms with Gasteiger partial charge in [-0.25, -0.2) is 15.0 Å². The summed E-state index contributed by atoms with van der Waals surface area (Å²) in [6.45, 7) is 3.59. The average Bonchev–Trinajstić information content (AvgIpc) is 3.19. The van der Waals surface area contributed by atoms with Crippen LogP contribution in [-0.4, -0.2) is 80.3 Å². The zero-order chi connectivity index (χ0) is 23.4. The van der Waals surface area contributed by atoms with Crippen LogP contribution in [0.4, 0.5) is 17.6 Å². The molecule has 0 spiro atoms. The molecule has 10 nitrogen and oxygen atoms in total. The lowest BCUT2D eigenvalue weighted by Crippen LogP contribution is -2.47. The SMILES string of the molecule is C[C@@H]1CC[C@@H](Nc2nc3c(c(NCCCC(=O)N(C)C)n2)[S+]([O-])CC3)CN1c1ccncn1. The smallest absolute Gasteiger partial charge is 0.225 e. The van der Waals surface area contributed by atoms with Gasteiger partial charge >= 0.3 is 0 Å². The van der Waals surface area contributed by atoms with E-state index in [9.17, 15) is 9.35 Å². The number of rotatable bonds is 8. The van der Waals surface area contributed by atoms with Crippen molar-refractivity contribution in [3.8, 4) is 0 Å². The van der Waals surface area contributed by atoms with Crippen molar-refractivity contribution >= 4 is 34.7 Å². The molecule has 33 heavy (non-hydrogen) atoms. The van der Waals surface area contributed by atoms with E-state index in [1.54, 1.807) is 31.5 Å². The first-order valence-corrected chi connectivity index (χ1v) is 12.8. The summed E-state index contributed by atoms with van der Waals surface area (Å²) in [5, 5.41) is 6.81. The first kappa shape index (κ1) is 23.5. The summed E-state index contributed by atoms with van der Waals surface area (Å²) < 4.78 is 12.5. The van der Waals surface area contributed by atoms with E-state index in [1.807, 2.05) is 6.07 Å². The minimum atomic E-state index is -1.09. The van der Waals surface area contributed by atoms with Crippen LogP contribution in [0.1, 0.15) is 38.3 Å². The number of aromatic nitrogens is 4. The van der Waals surface area contributed by atoms with Crippen LogP contribution in [0.3, 0.4) is 0 Å². The molecule has 0 radical (unpaired) electrons. The Morgan fingerprint density at radius 2 is 2.18 bits per heavy atom. The van der Waals surface area contributed by atoms with Gasteiger partial charge in [0, 0.05) is 58.3 Å². The van der Waals surface area contributed by atoms with Crippen molar-refractivity contribution in [2.45, 2.75) is 56.0 Å². The van der Waals surface area contributed by atoms with Crippen molar-refractivity contribution in [2.75, 3.05) is 48.5 Å². The molecule has 1 fully saturated rings. The predicted octanol–water partition coefficient (Wildman–Crippen LogP) is 1.68. The lowest BCUT2D eigenvalue weighted by Gasteiger charge is -2.39. The van der Waals surface area contributed by atoms with Crippen molar-refractivity contribution in [3.63, 3.8) is 0 Å². The Balaban J connectivity index is 1.44. The number of aryl methyl sites for hydroxylation is 1. The minimum Gasteiger partial charge on any atom is -0.611 e. The van der Waals surface area contributed by atoms with Crippen molar-refractivity contribution in [1.29, 1.82) is 0 Å². The van der Waals surface area contributed by atoms with Crippen LogP contribution in [0.5, 0.6) is 0 Å². The van der Waals surface area contributed by atoms with Gasteiger partial charge < -0.3 is 25.0 Å². The van der Waals surface area contributed by atoms with E-state index in [4.69, 9.17) is 9.97 Å². The second kappa shape index (κ2) is 10.5. The number of hydrogen-bond acceptors (Lipinski definition) is 9. The molecule has 1 amide bonds. The third-order valence-electron chi connectivity index (χ3n) is 6.12. The van der Waals surface area contributed by atoms with Crippen molar-refractivity contribution in [2.24, 2.45) is 0 Å². The van der Waals surface area contributed by atoms with E-state index in [0.717, 1.165) is 30.9 Å². The maximum atomic E-state index is 12.5. The van der Waals surface area contributed by atoms with Gasteiger partial charge in [-0.1, -0.05) is 0 Å². The molecule has 178 valence electrons. The molecule has 0 bridgehead atoms. The maximum absolute atomic E-state index is 12.5. The third-order valence-corrected chi connectivity index (χ3v) is 7.58. The van der Waals surface area contributed by atoms with E-state index in [-0.39, 0.29) is 11.9 Å². The van der Waals surface area contributed by atoms with Crippen LogP contribution < -0.4 is 15.5 Å². The fraction of sp³-hybridized carbons (Fsp3) is 0.591. The molecule has 2 aliphatic heterocycles. The number of nitrogens with zero attached hydrogens (tertiary/aromatic N) is 6. The summed E-state index contributed by atoms with van der Waals surface area (Å²) in [6, 6.07) is 2.50. The van der Waals surface area contributed by atoms with E-state index >= 15 is 0 Å². The second-order valence-corrected chi connectivity index (χ2v) is 10.3. The van der Waals surface area contributed by atoms with Crippen molar-refractivity contribution in [3.05, 3.63) is 24.3 Å². The number of carbonyl (C=O) groups is 1. The molecule has 2 aromatic rings. The van der Waals surface area contributed by atoms with Crippen molar-refractivity contribution < 1.29 is 9.35 Å².